The predicted octanol–water partition coefficient (Wildman–Crippen LogP) is 3.28. The van der Waals surface area contributed by atoms with Crippen LogP contribution in [0, 0.1) is 24.7 Å². The Morgan fingerprint density at radius 1 is 1.39 bits per heavy atom. The van der Waals surface area contributed by atoms with Crippen LogP contribution in [-0.4, -0.2) is 18.7 Å². The molecular formula is C14H15NOS2. The number of amides is 1. The largest absolute Gasteiger partial charge is 0.306 e. The van der Waals surface area contributed by atoms with Crippen LogP contribution in [0.4, 0.5) is 5.00 Å². The third-order valence-corrected chi connectivity index (χ3v) is 5.89. The van der Waals surface area contributed by atoms with E-state index in [2.05, 4.69) is 18.8 Å². The van der Waals surface area contributed by atoms with Crippen LogP contribution >= 0.6 is 23.1 Å². The molecule has 1 aliphatic carbocycles. The van der Waals surface area contributed by atoms with Gasteiger partial charge in [0.15, 0.2) is 0 Å². The number of carbonyl (C=O) groups is 1. The van der Waals surface area contributed by atoms with Crippen molar-refractivity contribution in [3.05, 3.63) is 10.4 Å². The number of thioether (sulfide) groups is 1. The monoisotopic (exact) mass is 277 g/mol. The van der Waals surface area contributed by atoms with Crippen LogP contribution in [0.25, 0.3) is 0 Å². The second-order valence-electron chi connectivity index (χ2n) is 4.79. The zero-order valence-corrected chi connectivity index (χ0v) is 12.2. The lowest BCUT2D eigenvalue weighted by atomic mass is 10.2. The van der Waals surface area contributed by atoms with Crippen molar-refractivity contribution in [2.24, 2.45) is 5.92 Å². The summed E-state index contributed by atoms with van der Waals surface area (Å²) in [6.07, 6.45) is 3.14. The maximum Gasteiger partial charge on any atom is 0.228 e. The maximum atomic E-state index is 11.9. The number of rotatable bonds is 0. The van der Waals surface area contributed by atoms with Gasteiger partial charge in [-0.3, -0.25) is 4.79 Å². The van der Waals surface area contributed by atoms with Gasteiger partial charge in [0.1, 0.15) is 5.00 Å². The second kappa shape index (κ2) is 4.64. The molecule has 0 saturated heterocycles. The number of anilines is 1. The van der Waals surface area contributed by atoms with Crippen LogP contribution in [-0.2, 0) is 4.79 Å². The first-order chi connectivity index (χ1) is 8.66. The van der Waals surface area contributed by atoms with E-state index < -0.39 is 0 Å². The minimum absolute atomic E-state index is 0.212. The summed E-state index contributed by atoms with van der Waals surface area (Å²) < 4.78 is 0. The van der Waals surface area contributed by atoms with Crippen LogP contribution in [0.15, 0.2) is 4.90 Å². The van der Waals surface area contributed by atoms with Crippen molar-refractivity contribution in [2.75, 3.05) is 17.7 Å². The van der Waals surface area contributed by atoms with Gasteiger partial charge in [0, 0.05) is 30.0 Å². The van der Waals surface area contributed by atoms with Crippen molar-refractivity contribution in [2.45, 2.75) is 31.1 Å². The highest BCUT2D eigenvalue weighted by molar-refractivity contribution is 7.99. The molecule has 0 atom stereocenters. The zero-order valence-electron chi connectivity index (χ0n) is 10.6. The number of hydrogen-bond donors (Lipinski definition) is 0. The Morgan fingerprint density at radius 2 is 2.17 bits per heavy atom. The molecule has 1 saturated carbocycles. The lowest BCUT2D eigenvalue weighted by molar-refractivity contribution is -0.117. The Balaban J connectivity index is 2.00. The van der Waals surface area contributed by atoms with E-state index in [1.807, 2.05) is 7.05 Å². The molecule has 0 spiro atoms. The summed E-state index contributed by atoms with van der Waals surface area (Å²) in [6.45, 7) is 2.13. The first-order valence-electron chi connectivity index (χ1n) is 6.21. The average molecular weight is 277 g/mol. The van der Waals surface area contributed by atoms with Gasteiger partial charge in [0.05, 0.1) is 4.88 Å². The topological polar surface area (TPSA) is 20.3 Å². The maximum absolute atomic E-state index is 11.9. The van der Waals surface area contributed by atoms with E-state index in [9.17, 15) is 4.79 Å². The van der Waals surface area contributed by atoms with Gasteiger partial charge in [-0.25, -0.2) is 0 Å². The van der Waals surface area contributed by atoms with Gasteiger partial charge in [0.25, 0.3) is 0 Å². The smallest absolute Gasteiger partial charge is 0.228 e. The lowest BCUT2D eigenvalue weighted by Crippen LogP contribution is -2.24. The molecule has 1 aliphatic heterocycles. The summed E-state index contributed by atoms with van der Waals surface area (Å²) in [5.41, 5.74) is 1.26. The average Bonchev–Trinajstić information content (AvgIpc) is 3.14. The molecule has 2 aliphatic rings. The molecular weight excluding hydrogens is 262 g/mol. The molecule has 0 radical (unpaired) electrons. The van der Waals surface area contributed by atoms with Crippen molar-refractivity contribution in [3.63, 3.8) is 0 Å². The van der Waals surface area contributed by atoms with Crippen molar-refractivity contribution in [1.82, 2.24) is 0 Å². The van der Waals surface area contributed by atoms with E-state index in [4.69, 9.17) is 0 Å². The highest BCUT2D eigenvalue weighted by atomic mass is 32.2. The summed E-state index contributed by atoms with van der Waals surface area (Å²) in [7, 11) is 1.88. The quantitative estimate of drug-likeness (QED) is 0.678. The molecule has 2 nitrogen and oxygen atoms in total. The van der Waals surface area contributed by atoms with E-state index in [0.29, 0.717) is 12.3 Å². The first-order valence-corrected chi connectivity index (χ1v) is 8.01. The van der Waals surface area contributed by atoms with E-state index in [-0.39, 0.29) is 5.91 Å². The molecule has 18 heavy (non-hydrogen) atoms. The fourth-order valence-corrected chi connectivity index (χ4v) is 4.38. The predicted molar refractivity (Wildman–Crippen MR) is 77.4 cm³/mol. The lowest BCUT2D eigenvalue weighted by Gasteiger charge is -2.12. The molecule has 94 valence electrons. The third kappa shape index (κ3) is 2.17. The second-order valence-corrected chi connectivity index (χ2v) is 6.89. The number of nitrogens with zero attached hydrogens (tertiary/aromatic N) is 1. The molecule has 1 aromatic rings. The first kappa shape index (κ1) is 12.1. The van der Waals surface area contributed by atoms with Crippen molar-refractivity contribution in [1.29, 1.82) is 0 Å². The molecule has 0 unspecified atom stereocenters. The number of hydrogen-bond acceptors (Lipinski definition) is 3. The van der Waals surface area contributed by atoms with Gasteiger partial charge in [-0.15, -0.1) is 23.1 Å². The Morgan fingerprint density at radius 3 is 2.89 bits per heavy atom. The Hall–Kier alpha value is -0.920. The van der Waals surface area contributed by atoms with Crippen LogP contribution in [0.3, 0.4) is 0 Å². The Kier molecular flexibility index (Phi) is 3.13. The summed E-state index contributed by atoms with van der Waals surface area (Å²) in [5, 5.41) is 1.08. The normalized spacial score (nSPS) is 19.0. The van der Waals surface area contributed by atoms with E-state index in [1.165, 1.54) is 23.3 Å². The fraction of sp³-hybridized carbons (Fsp3) is 0.500. The Bertz CT molecular complexity index is 560. The molecule has 2 heterocycles. The van der Waals surface area contributed by atoms with Crippen molar-refractivity contribution >= 4 is 34.0 Å². The highest BCUT2D eigenvalue weighted by Crippen LogP contribution is 2.43. The van der Waals surface area contributed by atoms with Gasteiger partial charge in [0.2, 0.25) is 5.91 Å². The van der Waals surface area contributed by atoms with Gasteiger partial charge in [-0.05, 0) is 25.3 Å². The molecule has 1 amide bonds. The summed E-state index contributed by atoms with van der Waals surface area (Å²) >= 11 is 3.46. The van der Waals surface area contributed by atoms with E-state index >= 15 is 0 Å². The molecule has 1 fully saturated rings. The van der Waals surface area contributed by atoms with E-state index in [0.717, 1.165) is 15.6 Å². The fourth-order valence-electron chi connectivity index (χ4n) is 1.91. The molecule has 0 aromatic carbocycles. The van der Waals surface area contributed by atoms with Gasteiger partial charge >= 0.3 is 0 Å². The molecule has 3 rings (SSSR count). The van der Waals surface area contributed by atoms with Gasteiger partial charge in [-0.2, -0.15) is 0 Å². The molecule has 4 heteroatoms. The Labute approximate surface area is 116 Å². The minimum Gasteiger partial charge on any atom is -0.306 e. The highest BCUT2D eigenvalue weighted by Gasteiger charge is 2.25. The summed E-state index contributed by atoms with van der Waals surface area (Å²) in [5.74, 6) is 8.33. The summed E-state index contributed by atoms with van der Waals surface area (Å²) in [4.78, 5) is 16.1. The number of carbonyl (C=O) groups excluding carboxylic acids is 1. The van der Waals surface area contributed by atoms with Gasteiger partial charge in [-0.1, -0.05) is 11.8 Å². The zero-order chi connectivity index (χ0) is 12.7. The van der Waals surface area contributed by atoms with Crippen LogP contribution in [0.5, 0.6) is 0 Å². The molecule has 1 aromatic heterocycles. The van der Waals surface area contributed by atoms with Crippen molar-refractivity contribution in [3.8, 4) is 11.8 Å². The minimum atomic E-state index is 0.212. The molecule has 0 N–H and O–H groups in total. The van der Waals surface area contributed by atoms with Gasteiger partial charge < -0.3 is 4.90 Å². The van der Waals surface area contributed by atoms with E-state index in [1.54, 1.807) is 28.0 Å². The summed E-state index contributed by atoms with van der Waals surface area (Å²) in [6, 6.07) is 0. The molecule has 0 bridgehead atoms. The standard InChI is InChI=1S/C14H15NOS2/c1-9-11(6-5-10-3-4-10)18-14-13(9)17-8-7-12(16)15(14)2/h10H,3-4,7-8H2,1-2H3. The third-order valence-electron chi connectivity index (χ3n) is 3.28. The van der Waals surface area contributed by atoms with Crippen LogP contribution in [0.2, 0.25) is 0 Å². The van der Waals surface area contributed by atoms with Crippen LogP contribution < -0.4 is 4.90 Å². The number of thiophene rings is 1. The number of fused-ring (bicyclic) bond motifs is 1. The van der Waals surface area contributed by atoms with Crippen molar-refractivity contribution < 1.29 is 4.79 Å². The van der Waals surface area contributed by atoms with Crippen LogP contribution in [0.1, 0.15) is 29.7 Å². The SMILES string of the molecule is Cc1c(C#CC2CC2)sc2c1SCCC(=O)N2C.